The number of likely N-dealkylation sites (tertiary alicyclic amines) is 1. The van der Waals surface area contributed by atoms with Crippen molar-refractivity contribution in [2.45, 2.75) is 46.1 Å². The lowest BCUT2D eigenvalue weighted by molar-refractivity contribution is -0.127. The molecule has 3 rings (SSSR count). The maximum Gasteiger partial charge on any atom is 0.253 e. The van der Waals surface area contributed by atoms with E-state index in [0.717, 1.165) is 24.8 Å². The molecule has 0 aromatic heterocycles. The van der Waals surface area contributed by atoms with E-state index >= 15 is 0 Å². The van der Waals surface area contributed by atoms with Gasteiger partial charge in [0.05, 0.1) is 12.0 Å². The van der Waals surface area contributed by atoms with Crippen LogP contribution in [0.2, 0.25) is 0 Å². The zero-order valence-electron chi connectivity index (χ0n) is 18.0. The molecule has 0 spiro atoms. The fourth-order valence-corrected chi connectivity index (χ4v) is 3.99. The molecule has 2 aromatic carbocycles. The van der Waals surface area contributed by atoms with Gasteiger partial charge < -0.3 is 10.2 Å². The standard InChI is InChI=1S/C25H31FN2O2/c1-25(2,3)16-22(18-8-5-4-6-9-18)27-23(29)20-10-7-15-28(17-20)24(30)19-11-13-21(26)14-12-19/h4-6,8-9,11-14,20,22H,7,10,15-17H2,1-3H3,(H,27,29). The molecule has 0 bridgehead atoms. The molecule has 2 atom stereocenters. The molecule has 0 saturated carbocycles. The van der Waals surface area contributed by atoms with Crippen LogP contribution in [0.4, 0.5) is 4.39 Å². The van der Waals surface area contributed by atoms with Gasteiger partial charge in [0.2, 0.25) is 5.91 Å². The Morgan fingerprint density at radius 3 is 2.40 bits per heavy atom. The smallest absolute Gasteiger partial charge is 0.253 e. The minimum absolute atomic E-state index is 0.00953. The molecule has 5 heteroatoms. The van der Waals surface area contributed by atoms with Crippen molar-refractivity contribution in [1.29, 1.82) is 0 Å². The SMILES string of the molecule is CC(C)(C)CC(NC(=O)C1CCCN(C(=O)c2ccc(F)cc2)C1)c1ccccc1. The Kier molecular flexibility index (Phi) is 6.91. The third-order valence-electron chi connectivity index (χ3n) is 5.51. The lowest BCUT2D eigenvalue weighted by atomic mass is 9.85. The molecule has 4 nitrogen and oxygen atoms in total. The van der Waals surface area contributed by atoms with Crippen LogP contribution in [0.3, 0.4) is 0 Å². The van der Waals surface area contributed by atoms with E-state index in [1.807, 2.05) is 30.3 Å². The molecule has 1 fully saturated rings. The molecule has 1 N–H and O–H groups in total. The summed E-state index contributed by atoms with van der Waals surface area (Å²) in [4.78, 5) is 27.6. The first-order chi connectivity index (χ1) is 14.2. The highest BCUT2D eigenvalue weighted by Gasteiger charge is 2.31. The first kappa shape index (κ1) is 22.0. The molecular formula is C25H31FN2O2. The largest absolute Gasteiger partial charge is 0.349 e. The van der Waals surface area contributed by atoms with Crippen molar-refractivity contribution in [2.75, 3.05) is 13.1 Å². The summed E-state index contributed by atoms with van der Waals surface area (Å²) in [5.41, 5.74) is 1.61. The number of nitrogens with one attached hydrogen (secondary N) is 1. The van der Waals surface area contributed by atoms with Crippen LogP contribution >= 0.6 is 0 Å². The Bertz CT molecular complexity index is 859. The first-order valence-corrected chi connectivity index (χ1v) is 10.6. The average Bonchev–Trinajstić information content (AvgIpc) is 2.73. The summed E-state index contributed by atoms with van der Waals surface area (Å²) in [6, 6.07) is 15.5. The quantitative estimate of drug-likeness (QED) is 0.756. The zero-order chi connectivity index (χ0) is 21.7. The lowest BCUT2D eigenvalue weighted by Crippen LogP contribution is -2.46. The van der Waals surface area contributed by atoms with Gasteiger partial charge >= 0.3 is 0 Å². The number of piperidine rings is 1. The van der Waals surface area contributed by atoms with Crippen molar-refractivity contribution in [2.24, 2.45) is 11.3 Å². The van der Waals surface area contributed by atoms with Crippen LogP contribution in [0.15, 0.2) is 54.6 Å². The Morgan fingerprint density at radius 1 is 1.10 bits per heavy atom. The van der Waals surface area contributed by atoms with Gasteiger partial charge in [0.25, 0.3) is 5.91 Å². The van der Waals surface area contributed by atoms with Crippen LogP contribution in [0.5, 0.6) is 0 Å². The van der Waals surface area contributed by atoms with E-state index in [1.165, 1.54) is 24.3 Å². The summed E-state index contributed by atoms with van der Waals surface area (Å²) in [7, 11) is 0. The second kappa shape index (κ2) is 9.41. The van der Waals surface area contributed by atoms with Crippen molar-refractivity contribution >= 4 is 11.8 Å². The second-order valence-corrected chi connectivity index (χ2v) is 9.33. The van der Waals surface area contributed by atoms with E-state index in [1.54, 1.807) is 4.90 Å². The van der Waals surface area contributed by atoms with E-state index < -0.39 is 0 Å². The minimum Gasteiger partial charge on any atom is -0.349 e. The monoisotopic (exact) mass is 410 g/mol. The number of carbonyl (C=O) groups excluding carboxylic acids is 2. The van der Waals surface area contributed by atoms with Crippen LogP contribution in [0, 0.1) is 17.2 Å². The molecular weight excluding hydrogens is 379 g/mol. The molecule has 0 aliphatic carbocycles. The Hall–Kier alpha value is -2.69. The number of benzene rings is 2. The van der Waals surface area contributed by atoms with E-state index in [4.69, 9.17) is 0 Å². The third-order valence-corrected chi connectivity index (χ3v) is 5.51. The normalized spacial score (nSPS) is 18.0. The number of hydrogen-bond donors (Lipinski definition) is 1. The molecule has 160 valence electrons. The van der Waals surface area contributed by atoms with Crippen molar-refractivity contribution in [3.63, 3.8) is 0 Å². The highest BCUT2D eigenvalue weighted by molar-refractivity contribution is 5.94. The van der Waals surface area contributed by atoms with Crippen molar-refractivity contribution < 1.29 is 14.0 Å². The summed E-state index contributed by atoms with van der Waals surface area (Å²) in [6.07, 6.45) is 2.37. The van der Waals surface area contributed by atoms with Gasteiger partial charge in [-0.15, -0.1) is 0 Å². The Morgan fingerprint density at radius 2 is 1.77 bits per heavy atom. The van der Waals surface area contributed by atoms with Crippen molar-refractivity contribution in [1.82, 2.24) is 10.2 Å². The molecule has 1 aliphatic rings. The Balaban J connectivity index is 1.68. The number of rotatable bonds is 5. The van der Waals surface area contributed by atoms with Gasteiger partial charge in [-0.1, -0.05) is 51.1 Å². The molecule has 1 saturated heterocycles. The van der Waals surface area contributed by atoms with Crippen LogP contribution in [-0.2, 0) is 4.79 Å². The predicted molar refractivity (Wildman–Crippen MR) is 116 cm³/mol. The second-order valence-electron chi connectivity index (χ2n) is 9.33. The third kappa shape index (κ3) is 5.91. The number of hydrogen-bond acceptors (Lipinski definition) is 2. The maximum absolute atomic E-state index is 13.2. The van der Waals surface area contributed by atoms with Gasteiger partial charge in [-0.3, -0.25) is 9.59 Å². The number of nitrogens with zero attached hydrogens (tertiary/aromatic N) is 1. The van der Waals surface area contributed by atoms with Gasteiger partial charge in [-0.25, -0.2) is 4.39 Å². The van der Waals surface area contributed by atoms with Crippen molar-refractivity contribution in [3.05, 3.63) is 71.5 Å². The van der Waals surface area contributed by atoms with Crippen LogP contribution < -0.4 is 5.32 Å². The molecule has 2 aromatic rings. The molecule has 1 heterocycles. The van der Waals surface area contributed by atoms with Gasteiger partial charge in [0.1, 0.15) is 5.82 Å². The topological polar surface area (TPSA) is 49.4 Å². The predicted octanol–water partition coefficient (Wildman–Crippen LogP) is 4.97. The zero-order valence-corrected chi connectivity index (χ0v) is 18.0. The van der Waals surface area contributed by atoms with Gasteiger partial charge in [-0.2, -0.15) is 0 Å². The fourth-order valence-electron chi connectivity index (χ4n) is 3.99. The molecule has 0 radical (unpaired) electrons. The van der Waals surface area contributed by atoms with Crippen LogP contribution in [-0.4, -0.2) is 29.8 Å². The summed E-state index contributed by atoms with van der Waals surface area (Å²) in [6.45, 7) is 7.50. The highest BCUT2D eigenvalue weighted by Crippen LogP contribution is 2.30. The fraction of sp³-hybridized carbons (Fsp3) is 0.440. The molecule has 2 amide bonds. The van der Waals surface area contributed by atoms with Gasteiger partial charge in [0, 0.05) is 18.7 Å². The van der Waals surface area contributed by atoms with Gasteiger partial charge in [-0.05, 0) is 54.5 Å². The van der Waals surface area contributed by atoms with Crippen LogP contribution in [0.1, 0.15) is 62.0 Å². The summed E-state index contributed by atoms with van der Waals surface area (Å²) in [5, 5.41) is 3.24. The molecule has 2 unspecified atom stereocenters. The maximum atomic E-state index is 13.2. The van der Waals surface area contributed by atoms with Gasteiger partial charge in [0.15, 0.2) is 0 Å². The number of carbonyl (C=O) groups is 2. The summed E-state index contributed by atoms with van der Waals surface area (Å²) in [5.74, 6) is -0.769. The first-order valence-electron chi connectivity index (χ1n) is 10.6. The summed E-state index contributed by atoms with van der Waals surface area (Å²) < 4.78 is 13.2. The highest BCUT2D eigenvalue weighted by atomic mass is 19.1. The molecule has 30 heavy (non-hydrogen) atoms. The number of amides is 2. The minimum atomic E-state index is -0.367. The lowest BCUT2D eigenvalue weighted by Gasteiger charge is -2.34. The van der Waals surface area contributed by atoms with Crippen LogP contribution in [0.25, 0.3) is 0 Å². The molecule has 1 aliphatic heterocycles. The Labute approximate surface area is 178 Å². The number of halogens is 1. The average molecular weight is 411 g/mol. The van der Waals surface area contributed by atoms with E-state index in [0.29, 0.717) is 18.7 Å². The summed E-state index contributed by atoms with van der Waals surface area (Å²) >= 11 is 0. The van der Waals surface area contributed by atoms with E-state index in [9.17, 15) is 14.0 Å². The van der Waals surface area contributed by atoms with E-state index in [2.05, 4.69) is 26.1 Å². The van der Waals surface area contributed by atoms with Crippen molar-refractivity contribution in [3.8, 4) is 0 Å². The van der Waals surface area contributed by atoms with E-state index in [-0.39, 0.29) is 35.0 Å².